The maximum Gasteiger partial charge on any atom is 0.360 e. The molecule has 2 aromatic carbocycles. The van der Waals surface area contributed by atoms with Crippen LogP contribution in [0.25, 0.3) is 10.8 Å². The van der Waals surface area contributed by atoms with Gasteiger partial charge in [0.1, 0.15) is 0 Å². The highest BCUT2D eigenvalue weighted by molar-refractivity contribution is 6.43. The van der Waals surface area contributed by atoms with E-state index in [4.69, 9.17) is 4.74 Å². The molecular weight excluding hydrogens is 402 g/mol. The zero-order chi connectivity index (χ0) is 23.1. The molecule has 1 aliphatic heterocycles. The van der Waals surface area contributed by atoms with Crippen molar-refractivity contribution in [2.75, 3.05) is 50.7 Å². The van der Waals surface area contributed by atoms with E-state index in [0.29, 0.717) is 5.70 Å². The molecule has 0 saturated carbocycles. The third-order valence-electron chi connectivity index (χ3n) is 5.56. The molecule has 32 heavy (non-hydrogen) atoms. The highest BCUT2D eigenvalue weighted by atomic mass is 16.5. The van der Waals surface area contributed by atoms with E-state index in [1.807, 2.05) is 20.2 Å². The van der Waals surface area contributed by atoms with Crippen molar-refractivity contribution in [2.45, 2.75) is 19.8 Å². The number of hydrazone groups is 1. The normalized spacial score (nSPS) is 14.1. The third-order valence-corrected chi connectivity index (χ3v) is 5.56. The average molecular weight is 436 g/mol. The van der Waals surface area contributed by atoms with Crippen molar-refractivity contribution in [3.63, 3.8) is 0 Å². The van der Waals surface area contributed by atoms with Gasteiger partial charge in [-0.05, 0) is 31.9 Å². The van der Waals surface area contributed by atoms with E-state index < -0.39 is 5.97 Å². The maximum absolute atomic E-state index is 12.7. The molecule has 7 nitrogen and oxygen atoms in total. The summed E-state index contributed by atoms with van der Waals surface area (Å²) in [6, 6.07) is 12.5. The number of fused-ring (bicyclic) bond motifs is 1. The van der Waals surface area contributed by atoms with E-state index in [-0.39, 0.29) is 12.3 Å². The summed E-state index contributed by atoms with van der Waals surface area (Å²) in [7, 11) is 5.45. The Bertz CT molecular complexity index is 1020. The summed E-state index contributed by atoms with van der Waals surface area (Å²) in [4.78, 5) is 16.9. The van der Waals surface area contributed by atoms with Crippen LogP contribution in [0.15, 0.2) is 66.2 Å². The largest absolute Gasteiger partial charge is 0.461 e. The number of carbonyl (C=O) groups excluding carboxylic acids is 1. The first kappa shape index (κ1) is 23.2. The Morgan fingerprint density at radius 1 is 1.19 bits per heavy atom. The lowest BCUT2D eigenvalue weighted by molar-refractivity contribution is -0.135. The van der Waals surface area contributed by atoms with Crippen molar-refractivity contribution < 1.29 is 9.53 Å². The molecule has 1 N–H and O–H groups in total. The van der Waals surface area contributed by atoms with Crippen LogP contribution in [0.2, 0.25) is 0 Å². The Kier molecular flexibility index (Phi) is 7.76. The van der Waals surface area contributed by atoms with Gasteiger partial charge in [0.25, 0.3) is 0 Å². The molecule has 0 radical (unpaired) electrons. The summed E-state index contributed by atoms with van der Waals surface area (Å²) in [5, 5.41) is 11.6. The van der Waals surface area contributed by atoms with Crippen LogP contribution in [0, 0.1) is 0 Å². The molecule has 0 amide bonds. The van der Waals surface area contributed by atoms with Crippen LogP contribution in [0.3, 0.4) is 0 Å². The highest BCUT2D eigenvalue weighted by Gasteiger charge is 2.22. The molecule has 1 heterocycles. The molecule has 0 aromatic heterocycles. The van der Waals surface area contributed by atoms with Crippen LogP contribution in [0.4, 0.5) is 11.4 Å². The van der Waals surface area contributed by atoms with Crippen molar-refractivity contribution in [1.82, 2.24) is 10.2 Å². The summed E-state index contributed by atoms with van der Waals surface area (Å²) in [6.07, 6.45) is 5.97. The molecule has 1 saturated heterocycles. The number of ether oxygens (including phenoxy) is 1. The molecule has 0 atom stereocenters. The quantitative estimate of drug-likeness (QED) is 0.366. The molecule has 1 fully saturated rings. The predicted octanol–water partition coefficient (Wildman–Crippen LogP) is 3.93. The summed E-state index contributed by atoms with van der Waals surface area (Å²) in [6.45, 7) is 8.27. The second-order valence-electron chi connectivity index (χ2n) is 7.70. The lowest BCUT2D eigenvalue weighted by atomic mass is 10.1. The fourth-order valence-electron chi connectivity index (χ4n) is 3.85. The number of hydrogen-bond donors (Lipinski definition) is 1. The second-order valence-corrected chi connectivity index (χ2v) is 7.70. The lowest BCUT2D eigenvalue weighted by Crippen LogP contribution is -2.29. The van der Waals surface area contributed by atoms with E-state index in [9.17, 15) is 4.79 Å². The SMILES string of the molecule is C=C(/C(=N/N(C)c1ccc(N2CCCC2)c2ccccc12)C(=O)OCC)N(C)/C=C\NC. The Hall–Kier alpha value is -3.48. The summed E-state index contributed by atoms with van der Waals surface area (Å²) >= 11 is 0. The van der Waals surface area contributed by atoms with Gasteiger partial charge in [-0.15, -0.1) is 0 Å². The predicted molar refractivity (Wildman–Crippen MR) is 133 cm³/mol. The number of rotatable bonds is 9. The van der Waals surface area contributed by atoms with Gasteiger partial charge in [0.15, 0.2) is 5.71 Å². The molecule has 0 spiro atoms. The second kappa shape index (κ2) is 10.7. The zero-order valence-corrected chi connectivity index (χ0v) is 19.5. The van der Waals surface area contributed by atoms with Gasteiger partial charge in [0.2, 0.25) is 0 Å². The minimum atomic E-state index is -0.507. The van der Waals surface area contributed by atoms with Crippen molar-refractivity contribution in [2.24, 2.45) is 5.10 Å². The number of carbonyl (C=O) groups is 1. The fourth-order valence-corrected chi connectivity index (χ4v) is 3.85. The number of anilines is 2. The van der Waals surface area contributed by atoms with Crippen LogP contribution < -0.4 is 15.2 Å². The Morgan fingerprint density at radius 3 is 2.53 bits per heavy atom. The topological polar surface area (TPSA) is 60.4 Å². The number of benzene rings is 2. The molecule has 2 aromatic rings. The molecule has 0 unspecified atom stereocenters. The van der Waals surface area contributed by atoms with E-state index >= 15 is 0 Å². The Labute approximate surface area is 190 Å². The lowest BCUT2D eigenvalue weighted by Gasteiger charge is -2.24. The van der Waals surface area contributed by atoms with E-state index in [1.54, 1.807) is 36.3 Å². The van der Waals surface area contributed by atoms with Gasteiger partial charge in [0, 0.05) is 63.1 Å². The van der Waals surface area contributed by atoms with Crippen molar-refractivity contribution >= 4 is 33.8 Å². The smallest absolute Gasteiger partial charge is 0.360 e. The van der Waals surface area contributed by atoms with Gasteiger partial charge in [-0.25, -0.2) is 4.79 Å². The number of hydrogen-bond acceptors (Lipinski definition) is 7. The van der Waals surface area contributed by atoms with Crippen LogP contribution in [-0.2, 0) is 9.53 Å². The summed E-state index contributed by atoms with van der Waals surface area (Å²) in [5.41, 5.74) is 2.75. The fraction of sp³-hybridized carbons (Fsp3) is 0.360. The Morgan fingerprint density at radius 2 is 1.88 bits per heavy atom. The minimum Gasteiger partial charge on any atom is -0.461 e. The van der Waals surface area contributed by atoms with Crippen LogP contribution >= 0.6 is 0 Å². The van der Waals surface area contributed by atoms with Crippen LogP contribution in [0.1, 0.15) is 19.8 Å². The van der Waals surface area contributed by atoms with E-state index in [2.05, 4.69) is 52.2 Å². The van der Waals surface area contributed by atoms with Gasteiger partial charge < -0.3 is 19.9 Å². The first-order valence-electron chi connectivity index (χ1n) is 11.0. The average Bonchev–Trinajstić information content (AvgIpc) is 3.34. The van der Waals surface area contributed by atoms with Gasteiger partial charge >= 0.3 is 5.97 Å². The Balaban J connectivity index is 2.01. The van der Waals surface area contributed by atoms with Gasteiger partial charge in [0.05, 0.1) is 18.0 Å². The van der Waals surface area contributed by atoms with E-state index in [0.717, 1.165) is 24.2 Å². The van der Waals surface area contributed by atoms with Gasteiger partial charge in [-0.1, -0.05) is 30.8 Å². The number of esters is 1. The molecule has 0 bridgehead atoms. The minimum absolute atomic E-state index is 0.158. The van der Waals surface area contributed by atoms with E-state index in [1.165, 1.54) is 23.9 Å². The summed E-state index contributed by atoms with van der Waals surface area (Å²) in [5.74, 6) is -0.507. The molecule has 7 heteroatoms. The maximum atomic E-state index is 12.7. The van der Waals surface area contributed by atoms with Gasteiger partial charge in [-0.2, -0.15) is 5.10 Å². The number of nitrogens with one attached hydrogen (secondary N) is 1. The molecule has 3 rings (SSSR count). The third kappa shape index (κ3) is 5.04. The zero-order valence-electron chi connectivity index (χ0n) is 19.5. The first-order valence-corrected chi connectivity index (χ1v) is 11.0. The van der Waals surface area contributed by atoms with Crippen molar-refractivity contribution in [1.29, 1.82) is 0 Å². The van der Waals surface area contributed by atoms with Crippen LogP contribution in [0.5, 0.6) is 0 Å². The highest BCUT2D eigenvalue weighted by Crippen LogP contribution is 2.35. The standard InChI is InChI=1S/C25H33N5O2/c1-6-32-25(31)24(19(2)28(4)18-15-26-3)27-29(5)22-13-14-23(30-16-9-10-17-30)21-12-8-7-11-20(21)22/h7-8,11-15,18,26H,2,6,9-10,16-17H2,1,3-5H3/b18-15-,27-24-. The summed E-state index contributed by atoms with van der Waals surface area (Å²) < 4.78 is 5.26. The molecule has 0 aliphatic carbocycles. The van der Waals surface area contributed by atoms with Gasteiger partial charge in [-0.3, -0.25) is 5.01 Å². The van der Waals surface area contributed by atoms with Crippen molar-refractivity contribution in [3.05, 3.63) is 61.1 Å². The molecule has 170 valence electrons. The van der Waals surface area contributed by atoms with Crippen LogP contribution in [-0.4, -0.2) is 57.4 Å². The monoisotopic (exact) mass is 435 g/mol. The van der Waals surface area contributed by atoms with Crippen molar-refractivity contribution in [3.8, 4) is 0 Å². The number of nitrogens with zero attached hydrogens (tertiary/aromatic N) is 4. The molecule has 1 aliphatic rings. The molecular formula is C25H33N5O2. The first-order chi connectivity index (χ1) is 15.5.